The maximum Gasteiger partial charge on any atom is 0.191 e. The molecule has 0 spiro atoms. The third kappa shape index (κ3) is 5.46. The van der Waals surface area contributed by atoms with Crippen molar-refractivity contribution in [2.45, 2.75) is 60.5 Å². The van der Waals surface area contributed by atoms with E-state index in [1.807, 2.05) is 6.92 Å². The van der Waals surface area contributed by atoms with Crippen LogP contribution >= 0.6 is 24.0 Å². The zero-order valence-corrected chi connectivity index (χ0v) is 20.0. The first-order valence-corrected chi connectivity index (χ1v) is 9.95. The van der Waals surface area contributed by atoms with Gasteiger partial charge in [0.1, 0.15) is 11.6 Å². The van der Waals surface area contributed by atoms with E-state index >= 15 is 0 Å². The van der Waals surface area contributed by atoms with Gasteiger partial charge in [-0.05, 0) is 63.6 Å². The molecule has 3 rings (SSSR count). The van der Waals surface area contributed by atoms with Crippen molar-refractivity contribution in [1.82, 2.24) is 25.4 Å². The number of hydrogen-bond acceptors (Lipinski definition) is 3. The van der Waals surface area contributed by atoms with E-state index in [-0.39, 0.29) is 24.0 Å². The fourth-order valence-corrected chi connectivity index (χ4v) is 3.90. The second-order valence-electron chi connectivity index (χ2n) is 7.63. The third-order valence-electron chi connectivity index (χ3n) is 5.37. The van der Waals surface area contributed by atoms with Gasteiger partial charge in [0.15, 0.2) is 5.96 Å². The number of fused-ring (bicyclic) bond motifs is 1. The molecular formula is C21H33IN6. The van der Waals surface area contributed by atoms with Crippen LogP contribution in [0.5, 0.6) is 0 Å². The highest BCUT2D eigenvalue weighted by molar-refractivity contribution is 14.0. The molecule has 0 aliphatic carbocycles. The van der Waals surface area contributed by atoms with Gasteiger partial charge in [-0.3, -0.25) is 0 Å². The molecule has 2 N–H and O–H groups in total. The molecule has 0 amide bonds. The fraction of sp³-hybridized carbons (Fsp3) is 0.571. The van der Waals surface area contributed by atoms with E-state index in [9.17, 15) is 0 Å². The van der Waals surface area contributed by atoms with Crippen molar-refractivity contribution < 1.29 is 0 Å². The van der Waals surface area contributed by atoms with Crippen molar-refractivity contribution in [3.8, 4) is 0 Å². The summed E-state index contributed by atoms with van der Waals surface area (Å²) in [4.78, 5) is 4.83. The summed E-state index contributed by atoms with van der Waals surface area (Å²) >= 11 is 0. The zero-order valence-electron chi connectivity index (χ0n) is 17.7. The molecule has 2 heterocycles. The van der Waals surface area contributed by atoms with Crippen molar-refractivity contribution in [2.75, 3.05) is 13.1 Å². The highest BCUT2D eigenvalue weighted by Gasteiger charge is 2.21. The van der Waals surface area contributed by atoms with Gasteiger partial charge in [-0.1, -0.05) is 17.7 Å². The Morgan fingerprint density at radius 2 is 1.86 bits per heavy atom. The molecule has 6 nitrogen and oxygen atoms in total. The lowest BCUT2D eigenvalue weighted by Gasteiger charge is -2.25. The lowest BCUT2D eigenvalue weighted by molar-refractivity contribution is 0.358. The van der Waals surface area contributed by atoms with Crippen LogP contribution in [0.4, 0.5) is 0 Å². The number of hydrogen-bond donors (Lipinski definition) is 2. The second-order valence-corrected chi connectivity index (χ2v) is 7.63. The quantitative estimate of drug-likeness (QED) is 0.378. The van der Waals surface area contributed by atoms with Crippen molar-refractivity contribution >= 4 is 29.9 Å². The standard InChI is InChI=1S/C21H32N6.HI/c1-6-22-21(24-12-19-15(3)9-14(2)10-16(19)4)23-11-18-7-8-20-26-25-17(5)27(20)13-18;/h9-10,18H,6-8,11-13H2,1-5H3,(H2,22,23,24);1H. The fourth-order valence-electron chi connectivity index (χ4n) is 3.90. The summed E-state index contributed by atoms with van der Waals surface area (Å²) in [6, 6.07) is 4.47. The molecule has 1 aliphatic rings. The molecular weight excluding hydrogens is 463 g/mol. The van der Waals surface area contributed by atoms with Crippen molar-refractivity contribution in [2.24, 2.45) is 10.9 Å². The van der Waals surface area contributed by atoms with Crippen LogP contribution < -0.4 is 10.6 Å². The molecule has 154 valence electrons. The van der Waals surface area contributed by atoms with Gasteiger partial charge >= 0.3 is 0 Å². The highest BCUT2D eigenvalue weighted by Crippen LogP contribution is 2.19. The summed E-state index contributed by atoms with van der Waals surface area (Å²) < 4.78 is 2.25. The zero-order chi connectivity index (χ0) is 19.4. The monoisotopic (exact) mass is 496 g/mol. The lowest BCUT2D eigenvalue weighted by atomic mass is 9.99. The molecule has 1 atom stereocenters. The number of guanidine groups is 1. The summed E-state index contributed by atoms with van der Waals surface area (Å²) in [5, 5.41) is 15.4. The van der Waals surface area contributed by atoms with Crippen molar-refractivity contribution in [3.05, 3.63) is 46.0 Å². The van der Waals surface area contributed by atoms with Gasteiger partial charge in [0, 0.05) is 26.1 Å². The number of nitrogens with zero attached hydrogens (tertiary/aromatic N) is 4. The van der Waals surface area contributed by atoms with Gasteiger partial charge in [-0.25, -0.2) is 4.99 Å². The van der Waals surface area contributed by atoms with E-state index in [0.29, 0.717) is 12.5 Å². The molecule has 0 bridgehead atoms. The van der Waals surface area contributed by atoms with Crippen molar-refractivity contribution in [3.63, 3.8) is 0 Å². The van der Waals surface area contributed by atoms with Crippen LogP contribution in [0.3, 0.4) is 0 Å². The average Bonchev–Trinajstić information content (AvgIpc) is 2.99. The first kappa shape index (κ1) is 22.6. The van der Waals surface area contributed by atoms with E-state index in [0.717, 1.165) is 50.1 Å². The van der Waals surface area contributed by atoms with E-state index in [1.165, 1.54) is 22.3 Å². The molecule has 0 saturated carbocycles. The Balaban J connectivity index is 0.00000280. The first-order valence-electron chi connectivity index (χ1n) is 9.95. The largest absolute Gasteiger partial charge is 0.357 e. The van der Waals surface area contributed by atoms with Gasteiger partial charge in [-0.15, -0.1) is 34.2 Å². The lowest BCUT2D eigenvalue weighted by Crippen LogP contribution is -2.41. The van der Waals surface area contributed by atoms with Gasteiger partial charge in [0.25, 0.3) is 0 Å². The molecule has 2 aromatic rings. The summed E-state index contributed by atoms with van der Waals surface area (Å²) in [7, 11) is 0. The smallest absolute Gasteiger partial charge is 0.191 e. The van der Waals surface area contributed by atoms with E-state index < -0.39 is 0 Å². The number of nitrogens with one attached hydrogen (secondary N) is 2. The Kier molecular flexibility index (Phi) is 8.27. The van der Waals surface area contributed by atoms with Crippen LogP contribution in [-0.2, 0) is 19.5 Å². The molecule has 1 aromatic heterocycles. The summed E-state index contributed by atoms with van der Waals surface area (Å²) in [5.41, 5.74) is 5.26. The van der Waals surface area contributed by atoms with E-state index in [4.69, 9.17) is 4.99 Å². The molecule has 1 unspecified atom stereocenters. The SMILES string of the molecule is CCNC(=NCc1c(C)cc(C)cc1C)NCC1CCc2nnc(C)n2C1.I. The van der Waals surface area contributed by atoms with E-state index in [1.54, 1.807) is 0 Å². The minimum absolute atomic E-state index is 0. The van der Waals surface area contributed by atoms with Crippen LogP contribution in [0.25, 0.3) is 0 Å². The molecule has 28 heavy (non-hydrogen) atoms. The van der Waals surface area contributed by atoms with Crippen LogP contribution in [0, 0.1) is 33.6 Å². The highest BCUT2D eigenvalue weighted by atomic mass is 127. The summed E-state index contributed by atoms with van der Waals surface area (Å²) in [5.74, 6) is 3.59. The molecule has 7 heteroatoms. The van der Waals surface area contributed by atoms with E-state index in [2.05, 4.69) is 65.2 Å². The Morgan fingerprint density at radius 3 is 2.54 bits per heavy atom. The number of halogens is 1. The molecule has 1 aliphatic heterocycles. The number of aryl methyl sites for hydroxylation is 5. The summed E-state index contributed by atoms with van der Waals surface area (Å²) in [6.45, 7) is 14.1. The third-order valence-corrected chi connectivity index (χ3v) is 5.37. The first-order chi connectivity index (χ1) is 13.0. The average molecular weight is 496 g/mol. The maximum absolute atomic E-state index is 4.83. The Hall–Kier alpha value is -1.64. The number of aromatic nitrogens is 3. The van der Waals surface area contributed by atoms with Gasteiger partial charge in [-0.2, -0.15) is 0 Å². The van der Waals surface area contributed by atoms with Gasteiger partial charge in [0.05, 0.1) is 6.54 Å². The Labute approximate surface area is 185 Å². The predicted molar refractivity (Wildman–Crippen MR) is 125 cm³/mol. The molecule has 1 aromatic carbocycles. The van der Waals surface area contributed by atoms with Crippen LogP contribution in [0.15, 0.2) is 17.1 Å². The molecule has 0 saturated heterocycles. The summed E-state index contributed by atoms with van der Waals surface area (Å²) in [6.07, 6.45) is 2.14. The van der Waals surface area contributed by atoms with Gasteiger partial charge < -0.3 is 15.2 Å². The number of aliphatic imine (C=N–C) groups is 1. The number of rotatable bonds is 5. The Bertz CT molecular complexity index is 803. The normalized spacial score (nSPS) is 16.3. The van der Waals surface area contributed by atoms with Crippen LogP contribution in [-0.4, -0.2) is 33.8 Å². The number of benzene rings is 1. The molecule has 0 fully saturated rings. The van der Waals surface area contributed by atoms with Crippen LogP contribution in [0.2, 0.25) is 0 Å². The minimum Gasteiger partial charge on any atom is -0.357 e. The second kappa shape index (κ2) is 10.2. The predicted octanol–water partition coefficient (Wildman–Crippen LogP) is 3.45. The molecule has 0 radical (unpaired) electrons. The minimum atomic E-state index is 0. The van der Waals surface area contributed by atoms with Crippen LogP contribution in [0.1, 0.15) is 47.2 Å². The van der Waals surface area contributed by atoms with Crippen molar-refractivity contribution in [1.29, 1.82) is 0 Å². The Morgan fingerprint density at radius 1 is 1.14 bits per heavy atom. The topological polar surface area (TPSA) is 67.1 Å². The maximum atomic E-state index is 4.83. The van der Waals surface area contributed by atoms with Gasteiger partial charge in [0.2, 0.25) is 0 Å².